The second-order valence-electron chi connectivity index (χ2n) is 1.85. The molecule has 0 aliphatic rings. The molecule has 0 saturated carbocycles. The Morgan fingerprint density at radius 3 is 1.92 bits per heavy atom. The van der Waals surface area contributed by atoms with Gasteiger partial charge in [0.1, 0.15) is 0 Å². The molecular weight excluding hydrogens is 166 g/mol. The Hall–Kier alpha value is -1.85. The molecule has 0 atom stereocenters. The lowest BCUT2D eigenvalue weighted by Gasteiger charge is -1.99. The molecule has 68 valence electrons. The van der Waals surface area contributed by atoms with Crippen LogP contribution in [0, 0.1) is 0 Å². The average Bonchev–Trinajstić information content (AvgIpc) is 1.97. The predicted molar refractivity (Wildman–Crippen MR) is 40.5 cm³/mol. The van der Waals surface area contributed by atoms with E-state index >= 15 is 0 Å². The summed E-state index contributed by atoms with van der Waals surface area (Å²) >= 11 is 0. The average molecular weight is 175 g/mol. The quantitative estimate of drug-likeness (QED) is 0.375. The van der Waals surface area contributed by atoms with Gasteiger partial charge in [-0.3, -0.25) is 9.78 Å². The molecule has 0 radical (unpaired) electrons. The summed E-state index contributed by atoms with van der Waals surface area (Å²) in [6, 6.07) is 0. The minimum Gasteiger partial charge on any atom is -0.501 e. The monoisotopic (exact) mass is 175 g/mol. The van der Waals surface area contributed by atoms with Gasteiger partial charge in [0, 0.05) is 0 Å². The number of aromatic amines is 1. The summed E-state index contributed by atoms with van der Waals surface area (Å²) in [5, 5.41) is 34.6. The first-order valence-electron chi connectivity index (χ1n) is 2.60. The number of nitrogens with one attached hydrogen (secondary N) is 1. The Morgan fingerprint density at radius 1 is 0.917 bits per heavy atom. The van der Waals surface area contributed by atoms with Gasteiger partial charge in [0.2, 0.25) is 23.1 Å². The number of hydrogen-bond donors (Lipinski definition) is 5. The van der Waals surface area contributed by atoms with Crippen LogP contribution in [0.4, 0.5) is 0 Å². The Kier molecular flexibility index (Phi) is 2.57. The molecule has 0 bridgehead atoms. The highest BCUT2D eigenvalue weighted by molar-refractivity contribution is 5.51. The van der Waals surface area contributed by atoms with Crippen LogP contribution in [0.1, 0.15) is 7.43 Å². The van der Waals surface area contributed by atoms with Gasteiger partial charge in [0.05, 0.1) is 0 Å². The van der Waals surface area contributed by atoms with Crippen LogP contribution in [0.15, 0.2) is 4.79 Å². The van der Waals surface area contributed by atoms with Gasteiger partial charge in [-0.1, -0.05) is 7.43 Å². The van der Waals surface area contributed by atoms with Crippen LogP contribution < -0.4 is 5.56 Å². The normalized spacial score (nSPS) is 9.00. The summed E-state index contributed by atoms with van der Waals surface area (Å²) < 4.78 is 0. The van der Waals surface area contributed by atoms with E-state index in [9.17, 15) is 4.79 Å². The van der Waals surface area contributed by atoms with E-state index in [0.29, 0.717) is 0 Å². The number of hydrogen-bond acceptors (Lipinski definition) is 5. The molecule has 0 spiro atoms. The van der Waals surface area contributed by atoms with Crippen LogP contribution in [0.3, 0.4) is 0 Å². The van der Waals surface area contributed by atoms with Crippen molar-refractivity contribution in [2.75, 3.05) is 0 Å². The van der Waals surface area contributed by atoms with Gasteiger partial charge >= 0.3 is 0 Å². The maximum Gasteiger partial charge on any atom is 0.297 e. The van der Waals surface area contributed by atoms with Gasteiger partial charge in [0.25, 0.3) is 5.56 Å². The first-order valence-corrected chi connectivity index (χ1v) is 2.60. The smallest absolute Gasteiger partial charge is 0.297 e. The minimum atomic E-state index is -1.07. The fraction of sp³-hybridized carbons (Fsp3) is 0.167. The van der Waals surface area contributed by atoms with E-state index in [1.807, 2.05) is 0 Å². The molecule has 5 N–H and O–H groups in total. The second-order valence-corrected chi connectivity index (χ2v) is 1.85. The first-order chi connectivity index (χ1) is 5.04. The standard InChI is InChI=1S/C5H5NO5.CH4/c7-1-2(8)4(10)6-5(11)3(1)9;/h8-9H,(H3,6,7,10,11);1H4. The summed E-state index contributed by atoms with van der Waals surface area (Å²) in [6.45, 7) is 0. The predicted octanol–water partition coefficient (Wildman–Crippen LogP) is -0.167. The van der Waals surface area contributed by atoms with Gasteiger partial charge in [-0.05, 0) is 0 Å². The highest BCUT2D eigenvalue weighted by Crippen LogP contribution is 2.35. The summed E-state index contributed by atoms with van der Waals surface area (Å²) in [5.41, 5.74) is -1.07. The third-order valence-corrected chi connectivity index (χ3v) is 1.12. The number of pyridine rings is 1. The molecule has 6 heteroatoms. The molecule has 0 aromatic carbocycles. The maximum atomic E-state index is 10.5. The fourth-order valence-corrected chi connectivity index (χ4v) is 0.558. The van der Waals surface area contributed by atoms with Crippen molar-refractivity contribution in [2.24, 2.45) is 0 Å². The van der Waals surface area contributed by atoms with Crippen molar-refractivity contribution in [3.8, 4) is 23.1 Å². The maximum absolute atomic E-state index is 10.5. The van der Waals surface area contributed by atoms with Crippen molar-refractivity contribution in [1.82, 2.24) is 4.98 Å². The third kappa shape index (κ3) is 1.26. The van der Waals surface area contributed by atoms with E-state index in [1.54, 1.807) is 4.98 Å². The van der Waals surface area contributed by atoms with Gasteiger partial charge < -0.3 is 20.4 Å². The lowest BCUT2D eigenvalue weighted by Crippen LogP contribution is -2.03. The van der Waals surface area contributed by atoms with Crippen LogP contribution in [0.5, 0.6) is 23.1 Å². The second kappa shape index (κ2) is 3.04. The largest absolute Gasteiger partial charge is 0.501 e. The zero-order chi connectivity index (χ0) is 8.59. The van der Waals surface area contributed by atoms with Crippen molar-refractivity contribution in [3.63, 3.8) is 0 Å². The van der Waals surface area contributed by atoms with Gasteiger partial charge in [-0.25, -0.2) is 0 Å². The van der Waals surface area contributed by atoms with E-state index in [2.05, 4.69) is 0 Å². The van der Waals surface area contributed by atoms with E-state index in [4.69, 9.17) is 20.4 Å². The van der Waals surface area contributed by atoms with Crippen LogP contribution in [-0.4, -0.2) is 25.4 Å². The number of H-pyrrole nitrogens is 1. The number of aromatic nitrogens is 1. The molecule has 0 aliphatic heterocycles. The Morgan fingerprint density at radius 2 is 1.42 bits per heavy atom. The highest BCUT2D eigenvalue weighted by atomic mass is 16.4. The van der Waals surface area contributed by atoms with E-state index in [0.717, 1.165) is 0 Å². The molecule has 6 nitrogen and oxygen atoms in total. The minimum absolute atomic E-state index is 0. The molecule has 1 rings (SSSR count). The zero-order valence-corrected chi connectivity index (χ0v) is 5.20. The molecule has 1 aromatic rings. The number of rotatable bonds is 0. The van der Waals surface area contributed by atoms with Crippen LogP contribution in [-0.2, 0) is 0 Å². The van der Waals surface area contributed by atoms with Crippen molar-refractivity contribution in [3.05, 3.63) is 10.4 Å². The highest BCUT2D eigenvalue weighted by Gasteiger charge is 2.14. The zero-order valence-electron chi connectivity index (χ0n) is 5.20. The van der Waals surface area contributed by atoms with Crippen LogP contribution in [0.25, 0.3) is 0 Å². The van der Waals surface area contributed by atoms with E-state index in [1.165, 1.54) is 0 Å². The van der Waals surface area contributed by atoms with Crippen LogP contribution in [0.2, 0.25) is 0 Å². The molecule has 0 saturated heterocycles. The van der Waals surface area contributed by atoms with Gasteiger partial charge in [-0.2, -0.15) is 0 Å². The summed E-state index contributed by atoms with van der Waals surface area (Å²) in [5.74, 6) is -3.90. The first kappa shape index (κ1) is 10.2. The van der Waals surface area contributed by atoms with Crippen molar-refractivity contribution < 1.29 is 20.4 Å². The summed E-state index contributed by atoms with van der Waals surface area (Å²) in [4.78, 5) is 12.2. The molecule has 12 heavy (non-hydrogen) atoms. The molecule has 1 aromatic heterocycles. The molecule has 0 amide bonds. The number of aromatic hydroxyl groups is 4. The topological polar surface area (TPSA) is 114 Å². The molecule has 1 heterocycles. The van der Waals surface area contributed by atoms with E-state index < -0.39 is 28.7 Å². The van der Waals surface area contributed by atoms with Crippen molar-refractivity contribution in [2.45, 2.75) is 7.43 Å². The van der Waals surface area contributed by atoms with Crippen molar-refractivity contribution in [1.29, 1.82) is 0 Å². The third-order valence-electron chi connectivity index (χ3n) is 1.12. The lowest BCUT2D eigenvalue weighted by molar-refractivity contribution is 0.333. The fourth-order valence-electron chi connectivity index (χ4n) is 0.558. The molecule has 0 aliphatic carbocycles. The molecular formula is C6H9NO5. The van der Waals surface area contributed by atoms with Crippen LogP contribution >= 0.6 is 0 Å². The summed E-state index contributed by atoms with van der Waals surface area (Å²) in [6.07, 6.45) is 0. The summed E-state index contributed by atoms with van der Waals surface area (Å²) in [7, 11) is 0. The molecule has 0 unspecified atom stereocenters. The lowest BCUT2D eigenvalue weighted by atomic mass is 10.4. The van der Waals surface area contributed by atoms with E-state index in [-0.39, 0.29) is 7.43 Å². The van der Waals surface area contributed by atoms with Crippen molar-refractivity contribution >= 4 is 0 Å². The molecule has 0 fully saturated rings. The Labute approximate surface area is 67.4 Å². The van der Waals surface area contributed by atoms with Gasteiger partial charge in [0.15, 0.2) is 0 Å². The Balaban J connectivity index is 0.00000121. The Bertz CT molecular complexity index is 343. The van der Waals surface area contributed by atoms with Gasteiger partial charge in [-0.15, -0.1) is 0 Å². The SMILES string of the molecule is C.O=c1[nH]c(O)c(O)c(O)c1O.